The number of piperidine rings is 1. The van der Waals surface area contributed by atoms with Crippen LogP contribution in [0.5, 0.6) is 0 Å². The second-order valence-corrected chi connectivity index (χ2v) is 8.33. The molecule has 7 nitrogen and oxygen atoms in total. The molecular weight excluding hydrogens is 524 g/mol. The van der Waals surface area contributed by atoms with Gasteiger partial charge in [-0.2, -0.15) is 17.5 Å². The van der Waals surface area contributed by atoms with E-state index >= 15 is 0 Å². The first kappa shape index (κ1) is 25.9. The highest BCUT2D eigenvalue weighted by Gasteiger charge is 2.50. The van der Waals surface area contributed by atoms with Gasteiger partial charge in [0.25, 0.3) is 0 Å². The molecule has 29 heavy (non-hydrogen) atoms. The fraction of sp³-hybridized carbons (Fsp3) is 0.588. The van der Waals surface area contributed by atoms with Gasteiger partial charge in [0.05, 0.1) is 6.61 Å². The lowest BCUT2D eigenvalue weighted by Gasteiger charge is -2.32. The van der Waals surface area contributed by atoms with Crippen molar-refractivity contribution in [3.05, 3.63) is 35.4 Å². The number of methoxy groups -OCH3 is 1. The van der Waals surface area contributed by atoms with Crippen molar-refractivity contribution in [3.8, 4) is 0 Å². The normalized spacial score (nSPS) is 16.9. The van der Waals surface area contributed by atoms with Crippen LogP contribution in [-0.2, 0) is 27.9 Å². The summed E-state index contributed by atoms with van der Waals surface area (Å²) in [6.07, 6.45) is 0.520. The smallest absolute Gasteiger partial charge is 0.380 e. The molecule has 0 saturated carbocycles. The molecule has 0 unspecified atom stereocenters. The molecule has 1 heterocycles. The van der Waals surface area contributed by atoms with Crippen LogP contribution >= 0.6 is 24.0 Å². The Bertz CT molecular complexity index is 782. The molecule has 1 aliphatic heterocycles. The minimum Gasteiger partial charge on any atom is -0.380 e. The topological polar surface area (TPSA) is 83.0 Å². The second kappa shape index (κ2) is 11.3. The summed E-state index contributed by atoms with van der Waals surface area (Å²) < 4.78 is 66.5. The van der Waals surface area contributed by atoms with E-state index < -0.39 is 15.5 Å². The highest BCUT2D eigenvalue weighted by molar-refractivity contribution is 14.0. The quantitative estimate of drug-likeness (QED) is 0.323. The van der Waals surface area contributed by atoms with Crippen LogP contribution < -0.4 is 10.6 Å². The Hall–Kier alpha value is -1.12. The first-order chi connectivity index (χ1) is 13.2. The summed E-state index contributed by atoms with van der Waals surface area (Å²) in [5, 5.41) is 6.31. The largest absolute Gasteiger partial charge is 0.511 e. The van der Waals surface area contributed by atoms with E-state index in [0.717, 1.165) is 11.1 Å². The van der Waals surface area contributed by atoms with Crippen molar-refractivity contribution < 1.29 is 26.3 Å². The molecule has 0 amide bonds. The number of nitrogens with one attached hydrogen (secondary N) is 2. The number of alkyl halides is 3. The number of benzene rings is 1. The average molecular weight is 550 g/mol. The Morgan fingerprint density at radius 1 is 1.24 bits per heavy atom. The Morgan fingerprint density at radius 3 is 2.34 bits per heavy atom. The maximum atomic E-state index is 12.6. The van der Waals surface area contributed by atoms with Gasteiger partial charge in [-0.1, -0.05) is 24.3 Å². The van der Waals surface area contributed by atoms with E-state index in [0.29, 0.717) is 23.4 Å². The van der Waals surface area contributed by atoms with Crippen molar-refractivity contribution in [2.75, 3.05) is 27.2 Å². The van der Waals surface area contributed by atoms with Crippen molar-refractivity contribution in [1.29, 1.82) is 0 Å². The molecule has 0 spiro atoms. The van der Waals surface area contributed by atoms with Gasteiger partial charge in [-0.05, 0) is 24.0 Å². The van der Waals surface area contributed by atoms with E-state index in [9.17, 15) is 21.6 Å². The van der Waals surface area contributed by atoms with E-state index in [1.165, 1.54) is 0 Å². The van der Waals surface area contributed by atoms with Gasteiger partial charge in [0.15, 0.2) is 5.96 Å². The minimum atomic E-state index is -5.27. The van der Waals surface area contributed by atoms with Crippen LogP contribution in [0.4, 0.5) is 13.2 Å². The fourth-order valence-electron chi connectivity index (χ4n) is 2.98. The van der Waals surface area contributed by atoms with E-state index in [-0.39, 0.29) is 55.9 Å². The van der Waals surface area contributed by atoms with Crippen LogP contribution in [0.15, 0.2) is 29.3 Å². The highest BCUT2D eigenvalue weighted by atomic mass is 127. The third-order valence-electron chi connectivity index (χ3n) is 4.52. The summed E-state index contributed by atoms with van der Waals surface area (Å²) in [4.78, 5) is 4.13. The summed E-state index contributed by atoms with van der Waals surface area (Å²) in [6, 6.07) is 7.61. The molecule has 1 fully saturated rings. The van der Waals surface area contributed by atoms with Crippen molar-refractivity contribution in [2.24, 2.45) is 4.99 Å². The molecule has 0 bridgehead atoms. The van der Waals surface area contributed by atoms with Gasteiger partial charge in [0, 0.05) is 39.8 Å². The summed E-state index contributed by atoms with van der Waals surface area (Å²) in [7, 11) is -2.05. The molecule has 1 saturated heterocycles. The van der Waals surface area contributed by atoms with Gasteiger partial charge < -0.3 is 15.4 Å². The molecule has 2 rings (SSSR count). The fourth-order valence-corrected chi connectivity index (χ4v) is 3.96. The van der Waals surface area contributed by atoms with Crippen molar-refractivity contribution >= 4 is 40.0 Å². The van der Waals surface area contributed by atoms with E-state index in [1.54, 1.807) is 14.2 Å². The summed E-state index contributed by atoms with van der Waals surface area (Å²) in [5.41, 5.74) is -3.18. The first-order valence-corrected chi connectivity index (χ1v) is 10.2. The van der Waals surface area contributed by atoms with E-state index in [2.05, 4.69) is 15.6 Å². The zero-order chi connectivity index (χ0) is 20.8. The number of rotatable bonds is 6. The molecule has 1 aromatic carbocycles. The number of halogens is 4. The van der Waals surface area contributed by atoms with E-state index in [1.807, 2.05) is 24.3 Å². The second-order valence-electron chi connectivity index (χ2n) is 6.40. The van der Waals surface area contributed by atoms with E-state index in [4.69, 9.17) is 4.74 Å². The monoisotopic (exact) mass is 550 g/mol. The van der Waals surface area contributed by atoms with Gasteiger partial charge in [-0.3, -0.25) is 4.99 Å². The highest BCUT2D eigenvalue weighted by Crippen LogP contribution is 2.28. The van der Waals surface area contributed by atoms with Crippen LogP contribution in [0.25, 0.3) is 0 Å². The Balaban J connectivity index is 0.00000420. The molecule has 12 heteroatoms. The molecule has 0 aliphatic carbocycles. The van der Waals surface area contributed by atoms with Crippen LogP contribution in [0, 0.1) is 0 Å². The number of guanidine groups is 1. The number of aliphatic imine (C=N–C) groups is 1. The zero-order valence-electron chi connectivity index (χ0n) is 16.2. The first-order valence-electron chi connectivity index (χ1n) is 8.78. The van der Waals surface area contributed by atoms with Crippen LogP contribution in [0.3, 0.4) is 0 Å². The number of hydrogen-bond acceptors (Lipinski definition) is 4. The van der Waals surface area contributed by atoms with Crippen LogP contribution in [0.1, 0.15) is 24.0 Å². The number of sulfonamides is 1. The summed E-state index contributed by atoms with van der Waals surface area (Å²) in [6.45, 7) is 0.608. The third kappa shape index (κ3) is 6.96. The standard InChI is InChI=1S/C17H25F3N4O3S.HI/c1-21-16(22-11-13-5-3-4-6-14(13)12-27-2)23-15-7-9-24(10-8-15)28(25,26)17(18,19)20;/h3-6,15H,7-12H2,1-2H3,(H2,21,22,23);1H. The maximum absolute atomic E-state index is 12.6. The third-order valence-corrected chi connectivity index (χ3v) is 6.15. The molecular formula is C17H26F3IN4O3S. The predicted octanol–water partition coefficient (Wildman–Crippen LogP) is 2.43. The molecule has 0 aromatic heterocycles. The molecule has 1 aliphatic rings. The predicted molar refractivity (Wildman–Crippen MR) is 115 cm³/mol. The van der Waals surface area contributed by atoms with Gasteiger partial charge in [-0.25, -0.2) is 8.42 Å². The van der Waals surface area contributed by atoms with Crippen LogP contribution in [-0.4, -0.2) is 57.5 Å². The van der Waals surface area contributed by atoms with Gasteiger partial charge >= 0.3 is 15.5 Å². The molecule has 0 atom stereocenters. The van der Waals surface area contributed by atoms with Crippen molar-refractivity contribution in [2.45, 2.75) is 37.5 Å². The minimum absolute atomic E-state index is 0. The zero-order valence-corrected chi connectivity index (χ0v) is 19.3. The Labute approximate surface area is 186 Å². The molecule has 0 radical (unpaired) electrons. The Kier molecular flexibility index (Phi) is 10.1. The van der Waals surface area contributed by atoms with Crippen molar-refractivity contribution in [3.63, 3.8) is 0 Å². The van der Waals surface area contributed by atoms with Gasteiger partial charge in [0.2, 0.25) is 0 Å². The summed E-state index contributed by atoms with van der Waals surface area (Å²) in [5.74, 6) is 0.504. The molecule has 2 N–H and O–H groups in total. The van der Waals surface area contributed by atoms with Gasteiger partial charge in [-0.15, -0.1) is 24.0 Å². The SMILES string of the molecule is CN=C(NCc1ccccc1COC)NC1CCN(S(=O)(=O)C(F)(F)F)CC1.I. The molecule has 166 valence electrons. The lowest BCUT2D eigenvalue weighted by molar-refractivity contribution is -0.0494. The summed E-state index contributed by atoms with van der Waals surface area (Å²) >= 11 is 0. The average Bonchev–Trinajstić information content (AvgIpc) is 2.66. The lowest BCUT2D eigenvalue weighted by atomic mass is 10.1. The number of ether oxygens (including phenoxy) is 1. The van der Waals surface area contributed by atoms with Gasteiger partial charge in [0.1, 0.15) is 0 Å². The molecule has 1 aromatic rings. The number of hydrogen-bond donors (Lipinski definition) is 2. The van der Waals surface area contributed by atoms with Crippen LogP contribution in [0.2, 0.25) is 0 Å². The van der Waals surface area contributed by atoms with Crippen molar-refractivity contribution in [1.82, 2.24) is 14.9 Å². The Morgan fingerprint density at radius 2 is 1.83 bits per heavy atom. The maximum Gasteiger partial charge on any atom is 0.511 e. The number of nitrogens with zero attached hydrogens (tertiary/aromatic N) is 2. The lowest BCUT2D eigenvalue weighted by Crippen LogP contribution is -2.51.